The molecule has 3 saturated heterocycles. The van der Waals surface area contributed by atoms with E-state index in [1.165, 1.54) is 6.42 Å². The van der Waals surface area contributed by atoms with Crippen molar-refractivity contribution in [3.63, 3.8) is 0 Å². The van der Waals surface area contributed by atoms with Crippen molar-refractivity contribution in [1.29, 1.82) is 0 Å². The summed E-state index contributed by atoms with van der Waals surface area (Å²) in [5.41, 5.74) is 0.0322. The molecule has 3 aliphatic heterocycles. The van der Waals surface area contributed by atoms with Gasteiger partial charge in [0.25, 0.3) is 0 Å². The van der Waals surface area contributed by atoms with E-state index >= 15 is 0 Å². The minimum Gasteiger partial charge on any atom is -0.467 e. The number of rotatable bonds is 3. The molecule has 4 rings (SSSR count). The molecule has 1 spiro atoms. The van der Waals surface area contributed by atoms with Crippen LogP contribution < -0.4 is 5.32 Å². The first-order valence-electron chi connectivity index (χ1n) is 10.6. The van der Waals surface area contributed by atoms with Gasteiger partial charge < -0.3 is 24.3 Å². The number of furan rings is 1. The Balaban J connectivity index is 1.20. The summed E-state index contributed by atoms with van der Waals surface area (Å²) in [5, 5.41) is 2.88. The van der Waals surface area contributed by atoms with E-state index in [2.05, 4.69) is 5.32 Å². The highest BCUT2D eigenvalue weighted by Crippen LogP contribution is 2.35. The summed E-state index contributed by atoms with van der Waals surface area (Å²) < 4.78 is 11.3. The molecule has 0 atom stereocenters. The van der Waals surface area contributed by atoms with E-state index in [4.69, 9.17) is 9.15 Å². The van der Waals surface area contributed by atoms with Gasteiger partial charge in [0.2, 0.25) is 5.91 Å². The highest BCUT2D eigenvalue weighted by Gasteiger charge is 2.39. The molecular weight excluding hydrogens is 358 g/mol. The van der Waals surface area contributed by atoms with Gasteiger partial charge in [0.05, 0.1) is 18.4 Å². The van der Waals surface area contributed by atoms with Crippen LogP contribution in [-0.4, -0.2) is 60.1 Å². The second-order valence-electron chi connectivity index (χ2n) is 8.31. The van der Waals surface area contributed by atoms with Crippen LogP contribution in [0.1, 0.15) is 50.7 Å². The topological polar surface area (TPSA) is 75.0 Å². The number of carbonyl (C=O) groups is 2. The third-order valence-electron chi connectivity index (χ3n) is 6.55. The van der Waals surface area contributed by atoms with Crippen LogP contribution in [0.3, 0.4) is 0 Å². The van der Waals surface area contributed by atoms with E-state index in [-0.39, 0.29) is 23.5 Å². The number of hydrogen-bond acceptors (Lipinski definition) is 4. The molecule has 0 saturated carbocycles. The van der Waals surface area contributed by atoms with Crippen molar-refractivity contribution in [3.05, 3.63) is 24.2 Å². The van der Waals surface area contributed by atoms with Crippen LogP contribution in [0.5, 0.6) is 0 Å². The Bertz CT molecular complexity index is 651. The number of amides is 3. The summed E-state index contributed by atoms with van der Waals surface area (Å²) in [5.74, 6) is 1.04. The van der Waals surface area contributed by atoms with Crippen LogP contribution in [0.2, 0.25) is 0 Å². The molecule has 7 heteroatoms. The van der Waals surface area contributed by atoms with Gasteiger partial charge in [-0.15, -0.1) is 0 Å². The zero-order chi connectivity index (χ0) is 19.4. The molecule has 154 valence electrons. The van der Waals surface area contributed by atoms with Gasteiger partial charge in [-0.05, 0) is 57.1 Å². The number of urea groups is 1. The number of likely N-dealkylation sites (tertiary alicyclic amines) is 2. The molecule has 3 aliphatic rings. The van der Waals surface area contributed by atoms with Crippen molar-refractivity contribution in [2.75, 3.05) is 32.8 Å². The zero-order valence-corrected chi connectivity index (χ0v) is 16.5. The lowest BCUT2D eigenvalue weighted by Crippen LogP contribution is -2.52. The maximum absolute atomic E-state index is 12.9. The van der Waals surface area contributed by atoms with Crippen molar-refractivity contribution < 1.29 is 18.7 Å². The number of ether oxygens (including phenoxy) is 1. The molecule has 0 bridgehead atoms. The highest BCUT2D eigenvalue weighted by molar-refractivity contribution is 5.80. The van der Waals surface area contributed by atoms with E-state index in [9.17, 15) is 9.59 Å². The van der Waals surface area contributed by atoms with E-state index < -0.39 is 0 Å². The fourth-order valence-electron chi connectivity index (χ4n) is 4.71. The monoisotopic (exact) mass is 389 g/mol. The summed E-state index contributed by atoms with van der Waals surface area (Å²) in [7, 11) is 0. The largest absolute Gasteiger partial charge is 0.467 e. The minimum absolute atomic E-state index is 0.0322. The smallest absolute Gasteiger partial charge is 0.317 e. The molecule has 0 unspecified atom stereocenters. The lowest BCUT2D eigenvalue weighted by molar-refractivity contribution is -0.147. The van der Waals surface area contributed by atoms with Crippen LogP contribution in [0.15, 0.2) is 22.8 Å². The molecule has 1 aromatic heterocycles. The standard InChI is InChI=1S/C21H31N3O4/c25-19(23-12-8-21(9-13-23)7-1-2-15-28-21)17-5-10-24(11-6-17)20(26)22-16-18-4-3-14-27-18/h3-4,14,17H,1-2,5-13,15-16H2,(H,22,26). The minimum atomic E-state index is -0.0864. The van der Waals surface area contributed by atoms with E-state index in [0.29, 0.717) is 19.6 Å². The second-order valence-corrected chi connectivity index (χ2v) is 8.31. The number of nitrogens with zero attached hydrogens (tertiary/aromatic N) is 2. The van der Waals surface area contributed by atoms with Gasteiger partial charge in [-0.1, -0.05) is 0 Å². The molecule has 7 nitrogen and oxygen atoms in total. The Hall–Kier alpha value is -2.02. The molecule has 0 aliphatic carbocycles. The highest BCUT2D eigenvalue weighted by atomic mass is 16.5. The normalized spacial score (nSPS) is 23.0. The summed E-state index contributed by atoms with van der Waals surface area (Å²) in [6.45, 7) is 4.13. The fourth-order valence-corrected chi connectivity index (χ4v) is 4.71. The van der Waals surface area contributed by atoms with Crippen LogP contribution in [0.4, 0.5) is 4.79 Å². The maximum atomic E-state index is 12.9. The lowest BCUT2D eigenvalue weighted by Gasteiger charge is -2.45. The van der Waals surface area contributed by atoms with Gasteiger partial charge in [-0.2, -0.15) is 0 Å². The van der Waals surface area contributed by atoms with E-state index in [1.54, 1.807) is 17.2 Å². The second kappa shape index (κ2) is 8.55. The Labute approximate surface area is 166 Å². The van der Waals surface area contributed by atoms with Gasteiger partial charge in [0.1, 0.15) is 5.76 Å². The lowest BCUT2D eigenvalue weighted by atomic mass is 9.84. The Morgan fingerprint density at radius 3 is 2.50 bits per heavy atom. The maximum Gasteiger partial charge on any atom is 0.317 e. The number of hydrogen-bond donors (Lipinski definition) is 1. The summed E-state index contributed by atoms with van der Waals surface area (Å²) in [6, 6.07) is 3.56. The van der Waals surface area contributed by atoms with Crippen LogP contribution in [0, 0.1) is 5.92 Å². The summed E-state index contributed by atoms with van der Waals surface area (Å²) in [4.78, 5) is 29.1. The van der Waals surface area contributed by atoms with Crippen molar-refractivity contribution in [3.8, 4) is 0 Å². The van der Waals surface area contributed by atoms with Crippen LogP contribution in [-0.2, 0) is 16.1 Å². The molecule has 1 aromatic rings. The van der Waals surface area contributed by atoms with Crippen LogP contribution >= 0.6 is 0 Å². The first-order valence-corrected chi connectivity index (χ1v) is 10.6. The van der Waals surface area contributed by atoms with Crippen LogP contribution in [0.25, 0.3) is 0 Å². The molecule has 0 aromatic carbocycles. The third-order valence-corrected chi connectivity index (χ3v) is 6.55. The fraction of sp³-hybridized carbons (Fsp3) is 0.714. The predicted octanol–water partition coefficient (Wildman–Crippen LogP) is 2.76. The Morgan fingerprint density at radius 2 is 1.86 bits per heavy atom. The number of piperidine rings is 2. The van der Waals surface area contributed by atoms with Gasteiger partial charge >= 0.3 is 6.03 Å². The van der Waals surface area contributed by atoms with E-state index in [0.717, 1.165) is 64.0 Å². The predicted molar refractivity (Wildman–Crippen MR) is 104 cm³/mol. The summed E-state index contributed by atoms with van der Waals surface area (Å²) >= 11 is 0. The average molecular weight is 389 g/mol. The number of carbonyl (C=O) groups excluding carboxylic acids is 2. The van der Waals surface area contributed by atoms with Crippen molar-refractivity contribution >= 4 is 11.9 Å². The SMILES string of the molecule is O=C(NCc1ccco1)N1CCC(C(=O)N2CCC3(CCCCO3)CC2)CC1. The molecule has 4 heterocycles. The summed E-state index contributed by atoms with van der Waals surface area (Å²) in [6.07, 6.45) is 8.56. The molecule has 3 fully saturated rings. The molecule has 3 amide bonds. The first-order chi connectivity index (χ1) is 13.7. The van der Waals surface area contributed by atoms with Gasteiger partial charge in [-0.25, -0.2) is 4.79 Å². The molecular formula is C21H31N3O4. The quantitative estimate of drug-likeness (QED) is 0.863. The first kappa shape index (κ1) is 19.3. The van der Waals surface area contributed by atoms with Crippen molar-refractivity contribution in [2.45, 2.75) is 57.1 Å². The van der Waals surface area contributed by atoms with Crippen molar-refractivity contribution in [1.82, 2.24) is 15.1 Å². The molecule has 28 heavy (non-hydrogen) atoms. The molecule has 0 radical (unpaired) electrons. The average Bonchev–Trinajstić information content (AvgIpc) is 3.26. The zero-order valence-electron chi connectivity index (χ0n) is 16.5. The third kappa shape index (κ3) is 4.35. The molecule has 1 N–H and O–H groups in total. The Morgan fingerprint density at radius 1 is 1.07 bits per heavy atom. The Kier molecular flexibility index (Phi) is 5.90. The van der Waals surface area contributed by atoms with Gasteiger partial charge in [0.15, 0.2) is 0 Å². The van der Waals surface area contributed by atoms with E-state index in [1.807, 2.05) is 11.0 Å². The number of nitrogens with one attached hydrogen (secondary N) is 1. The van der Waals surface area contributed by atoms with Crippen molar-refractivity contribution in [2.24, 2.45) is 5.92 Å². The van der Waals surface area contributed by atoms with Gasteiger partial charge in [0, 0.05) is 38.7 Å². The van der Waals surface area contributed by atoms with Gasteiger partial charge in [-0.3, -0.25) is 4.79 Å².